The van der Waals surface area contributed by atoms with Crippen LogP contribution in [0.4, 0.5) is 11.9 Å². The Morgan fingerprint density at radius 1 is 1.10 bits per heavy atom. The van der Waals surface area contributed by atoms with Crippen molar-refractivity contribution in [2.75, 3.05) is 29.9 Å². The molecule has 0 aliphatic carbocycles. The molecular formula is C14H27N5O. The molecule has 6 nitrogen and oxygen atoms in total. The SMILES string of the molecule is CCNc1nc(OCC)nc(N(CC(C)C)C(C)C)n1. The fourth-order valence-electron chi connectivity index (χ4n) is 1.82. The van der Waals surface area contributed by atoms with Gasteiger partial charge in [-0.3, -0.25) is 0 Å². The van der Waals surface area contributed by atoms with Crippen molar-refractivity contribution in [3.8, 4) is 6.01 Å². The summed E-state index contributed by atoms with van der Waals surface area (Å²) in [4.78, 5) is 15.3. The normalized spacial score (nSPS) is 11.0. The molecule has 1 heterocycles. The molecule has 0 amide bonds. The Kier molecular flexibility index (Phi) is 6.48. The van der Waals surface area contributed by atoms with Crippen LogP contribution in [-0.2, 0) is 0 Å². The van der Waals surface area contributed by atoms with Crippen molar-refractivity contribution < 1.29 is 4.74 Å². The number of anilines is 2. The van der Waals surface area contributed by atoms with Gasteiger partial charge in [-0.1, -0.05) is 13.8 Å². The zero-order valence-electron chi connectivity index (χ0n) is 13.5. The number of aromatic nitrogens is 3. The predicted molar refractivity (Wildman–Crippen MR) is 82.5 cm³/mol. The second-order valence-electron chi connectivity index (χ2n) is 5.34. The quantitative estimate of drug-likeness (QED) is 0.790. The minimum absolute atomic E-state index is 0.323. The summed E-state index contributed by atoms with van der Waals surface area (Å²) in [6.07, 6.45) is 0. The van der Waals surface area contributed by atoms with Gasteiger partial charge >= 0.3 is 6.01 Å². The van der Waals surface area contributed by atoms with Crippen LogP contribution in [0.1, 0.15) is 41.5 Å². The number of ether oxygens (including phenoxy) is 1. The number of nitrogens with zero attached hydrogens (tertiary/aromatic N) is 4. The van der Waals surface area contributed by atoms with Crippen molar-refractivity contribution in [1.29, 1.82) is 0 Å². The Bertz CT molecular complexity index is 384. The van der Waals surface area contributed by atoms with E-state index < -0.39 is 0 Å². The lowest BCUT2D eigenvalue weighted by molar-refractivity contribution is 0.311. The van der Waals surface area contributed by atoms with Gasteiger partial charge in [-0.15, -0.1) is 0 Å². The van der Waals surface area contributed by atoms with Crippen LogP contribution in [0.15, 0.2) is 0 Å². The van der Waals surface area contributed by atoms with Gasteiger partial charge in [0.05, 0.1) is 6.61 Å². The van der Waals surface area contributed by atoms with E-state index in [1.165, 1.54) is 0 Å². The van der Waals surface area contributed by atoms with E-state index in [-0.39, 0.29) is 0 Å². The Hall–Kier alpha value is -1.59. The zero-order valence-corrected chi connectivity index (χ0v) is 13.5. The first-order valence-electron chi connectivity index (χ1n) is 7.37. The van der Waals surface area contributed by atoms with Crippen LogP contribution in [0.25, 0.3) is 0 Å². The van der Waals surface area contributed by atoms with Crippen LogP contribution in [0.2, 0.25) is 0 Å². The molecule has 0 bridgehead atoms. The number of rotatable bonds is 8. The first kappa shape index (κ1) is 16.5. The van der Waals surface area contributed by atoms with Gasteiger partial charge in [-0.05, 0) is 33.6 Å². The van der Waals surface area contributed by atoms with E-state index in [0.29, 0.717) is 36.5 Å². The van der Waals surface area contributed by atoms with E-state index in [2.05, 4.69) is 52.9 Å². The van der Waals surface area contributed by atoms with Crippen molar-refractivity contribution >= 4 is 11.9 Å². The second kappa shape index (κ2) is 7.87. The summed E-state index contributed by atoms with van der Waals surface area (Å²) in [6.45, 7) is 14.8. The van der Waals surface area contributed by atoms with Crippen LogP contribution in [0.3, 0.4) is 0 Å². The number of hydrogen-bond acceptors (Lipinski definition) is 6. The Balaban J connectivity index is 3.10. The maximum atomic E-state index is 5.44. The summed E-state index contributed by atoms with van der Waals surface area (Å²) in [5.74, 6) is 1.77. The minimum Gasteiger partial charge on any atom is -0.464 e. The summed E-state index contributed by atoms with van der Waals surface area (Å²) in [5.41, 5.74) is 0. The lowest BCUT2D eigenvalue weighted by Crippen LogP contribution is -2.35. The van der Waals surface area contributed by atoms with Crippen LogP contribution < -0.4 is 15.0 Å². The van der Waals surface area contributed by atoms with Crippen molar-refractivity contribution in [2.24, 2.45) is 5.92 Å². The highest BCUT2D eigenvalue weighted by atomic mass is 16.5. The molecule has 1 aromatic heterocycles. The van der Waals surface area contributed by atoms with Gasteiger partial charge in [0, 0.05) is 19.1 Å². The molecule has 6 heteroatoms. The Morgan fingerprint density at radius 2 is 1.80 bits per heavy atom. The van der Waals surface area contributed by atoms with Gasteiger partial charge in [0.2, 0.25) is 11.9 Å². The van der Waals surface area contributed by atoms with E-state index in [9.17, 15) is 0 Å². The van der Waals surface area contributed by atoms with Crippen molar-refractivity contribution in [1.82, 2.24) is 15.0 Å². The molecule has 114 valence electrons. The molecule has 0 aromatic carbocycles. The molecule has 0 atom stereocenters. The predicted octanol–water partition coefficient (Wildman–Crippen LogP) is 2.57. The van der Waals surface area contributed by atoms with E-state index in [0.717, 1.165) is 13.1 Å². The smallest absolute Gasteiger partial charge is 0.323 e. The average molecular weight is 281 g/mol. The minimum atomic E-state index is 0.323. The molecule has 1 rings (SSSR count). The van der Waals surface area contributed by atoms with Gasteiger partial charge in [-0.2, -0.15) is 15.0 Å². The van der Waals surface area contributed by atoms with E-state index in [1.54, 1.807) is 0 Å². The topological polar surface area (TPSA) is 63.2 Å². The summed E-state index contributed by atoms with van der Waals surface area (Å²) in [7, 11) is 0. The highest BCUT2D eigenvalue weighted by molar-refractivity contribution is 5.39. The Morgan fingerprint density at radius 3 is 2.30 bits per heavy atom. The van der Waals surface area contributed by atoms with Gasteiger partial charge in [0.1, 0.15) is 0 Å². The third kappa shape index (κ3) is 4.83. The molecule has 1 N–H and O–H groups in total. The van der Waals surface area contributed by atoms with Crippen molar-refractivity contribution in [2.45, 2.75) is 47.6 Å². The van der Waals surface area contributed by atoms with E-state index >= 15 is 0 Å². The van der Waals surface area contributed by atoms with Crippen LogP contribution >= 0.6 is 0 Å². The van der Waals surface area contributed by atoms with Crippen LogP contribution in [0.5, 0.6) is 6.01 Å². The molecule has 0 aliphatic rings. The van der Waals surface area contributed by atoms with Crippen molar-refractivity contribution in [3.05, 3.63) is 0 Å². The van der Waals surface area contributed by atoms with E-state index in [4.69, 9.17) is 4.74 Å². The maximum absolute atomic E-state index is 5.44. The molecule has 0 unspecified atom stereocenters. The fraction of sp³-hybridized carbons (Fsp3) is 0.786. The number of hydrogen-bond donors (Lipinski definition) is 1. The second-order valence-corrected chi connectivity index (χ2v) is 5.34. The highest BCUT2D eigenvalue weighted by Gasteiger charge is 2.18. The molecule has 0 radical (unpaired) electrons. The zero-order chi connectivity index (χ0) is 15.1. The summed E-state index contributed by atoms with van der Waals surface area (Å²) < 4.78 is 5.44. The van der Waals surface area contributed by atoms with E-state index in [1.807, 2.05) is 13.8 Å². The summed E-state index contributed by atoms with van der Waals surface area (Å²) >= 11 is 0. The van der Waals surface area contributed by atoms with Crippen LogP contribution in [0, 0.1) is 5.92 Å². The maximum Gasteiger partial charge on any atom is 0.323 e. The molecule has 0 fully saturated rings. The first-order chi connectivity index (χ1) is 9.47. The summed E-state index contributed by atoms with van der Waals surface area (Å²) in [6, 6.07) is 0.701. The molecule has 0 spiro atoms. The molecule has 1 aromatic rings. The molecular weight excluding hydrogens is 254 g/mol. The standard InChI is InChI=1S/C14H27N5O/c1-7-15-12-16-13(18-14(17-12)20-8-2)19(11(5)6)9-10(3)4/h10-11H,7-9H2,1-6H3,(H,15,16,17,18). The summed E-state index contributed by atoms with van der Waals surface area (Å²) in [5, 5.41) is 3.12. The average Bonchev–Trinajstić information content (AvgIpc) is 2.36. The monoisotopic (exact) mass is 281 g/mol. The third-order valence-electron chi connectivity index (χ3n) is 2.65. The lowest BCUT2D eigenvalue weighted by Gasteiger charge is -2.28. The van der Waals surface area contributed by atoms with Crippen molar-refractivity contribution in [3.63, 3.8) is 0 Å². The molecule has 0 aliphatic heterocycles. The number of nitrogens with one attached hydrogen (secondary N) is 1. The molecule has 0 saturated carbocycles. The van der Waals surface area contributed by atoms with Gasteiger partial charge in [-0.25, -0.2) is 0 Å². The Labute approximate surface area is 122 Å². The lowest BCUT2D eigenvalue weighted by atomic mass is 10.2. The highest BCUT2D eigenvalue weighted by Crippen LogP contribution is 2.18. The van der Waals surface area contributed by atoms with Gasteiger partial charge in [0.25, 0.3) is 0 Å². The first-order valence-corrected chi connectivity index (χ1v) is 7.37. The molecule has 20 heavy (non-hydrogen) atoms. The van der Waals surface area contributed by atoms with Crippen LogP contribution in [-0.4, -0.2) is 40.7 Å². The largest absolute Gasteiger partial charge is 0.464 e. The fourth-order valence-corrected chi connectivity index (χ4v) is 1.82. The third-order valence-corrected chi connectivity index (χ3v) is 2.65. The van der Waals surface area contributed by atoms with Gasteiger partial charge < -0.3 is 15.0 Å². The van der Waals surface area contributed by atoms with Gasteiger partial charge in [0.15, 0.2) is 0 Å². The molecule has 0 saturated heterocycles.